The second-order valence-corrected chi connectivity index (χ2v) is 2.42. The molecular weight excluding hydrogens is 229 g/mol. The average molecular weight is 229 g/mol. The van der Waals surface area contributed by atoms with Gasteiger partial charge in [0.2, 0.25) is 0 Å². The van der Waals surface area contributed by atoms with Crippen molar-refractivity contribution in [3.63, 3.8) is 0 Å². The molecule has 0 amide bonds. The Morgan fingerprint density at radius 3 is 0.857 bits per heavy atom. The van der Waals surface area contributed by atoms with Crippen LogP contribution in [0.5, 0.6) is 0 Å². The van der Waals surface area contributed by atoms with Crippen molar-refractivity contribution in [1.29, 1.82) is 0 Å². The van der Waals surface area contributed by atoms with Crippen molar-refractivity contribution < 1.29 is 17.1 Å². The third-order valence-corrected chi connectivity index (χ3v) is 1.29. The molecule has 1 radical (unpaired) electrons. The summed E-state index contributed by atoms with van der Waals surface area (Å²) in [5.74, 6) is 0. The standard InChI is InChI=1S/C2Cl4.Cu/c3-1(4)2(5)6;. The van der Waals surface area contributed by atoms with Crippen molar-refractivity contribution in [2.75, 3.05) is 0 Å². The molecule has 0 fully saturated rings. The molecule has 0 heterocycles. The van der Waals surface area contributed by atoms with Gasteiger partial charge in [-0.1, -0.05) is 46.4 Å². The summed E-state index contributed by atoms with van der Waals surface area (Å²) >= 11 is 20.0. The number of hydrogen-bond donors (Lipinski definition) is 0. The molecule has 0 aromatic carbocycles. The van der Waals surface area contributed by atoms with E-state index in [1.165, 1.54) is 0 Å². The predicted octanol–water partition coefficient (Wildman–Crippen LogP) is 3.07. The van der Waals surface area contributed by atoms with Gasteiger partial charge in [0, 0.05) is 17.1 Å². The molecule has 0 spiro atoms. The molecule has 0 saturated carbocycles. The summed E-state index contributed by atoms with van der Waals surface area (Å²) in [4.78, 5) is 0. The van der Waals surface area contributed by atoms with Crippen molar-refractivity contribution in [3.8, 4) is 0 Å². The molecule has 0 aliphatic rings. The van der Waals surface area contributed by atoms with Gasteiger partial charge < -0.3 is 0 Å². The first kappa shape index (κ1) is 11.2. The summed E-state index contributed by atoms with van der Waals surface area (Å²) < 4.78 is -0.198. The minimum absolute atomic E-state index is 0. The predicted molar refractivity (Wildman–Crippen MR) is 30.4 cm³/mol. The Hall–Kier alpha value is 1.42. The molecule has 0 atom stereocenters. The number of halogens is 4. The first-order valence-electron chi connectivity index (χ1n) is 1.01. The van der Waals surface area contributed by atoms with E-state index in [-0.39, 0.29) is 26.1 Å². The van der Waals surface area contributed by atoms with Gasteiger partial charge in [0.05, 0.1) is 0 Å². The molecule has 47 valence electrons. The maximum Gasteiger partial charge on any atom is 0.136 e. The topological polar surface area (TPSA) is 0 Å². The third kappa shape index (κ3) is 7.42. The molecule has 7 heavy (non-hydrogen) atoms. The fourth-order valence-electron chi connectivity index (χ4n) is 0. The Labute approximate surface area is 72.2 Å². The van der Waals surface area contributed by atoms with Crippen molar-refractivity contribution in [2.24, 2.45) is 0 Å². The van der Waals surface area contributed by atoms with E-state index >= 15 is 0 Å². The molecule has 0 N–H and O–H groups in total. The van der Waals surface area contributed by atoms with Gasteiger partial charge in [-0.05, 0) is 0 Å². The van der Waals surface area contributed by atoms with Crippen molar-refractivity contribution in [1.82, 2.24) is 0 Å². The second-order valence-electron chi connectivity index (χ2n) is 0.521. The molecular formula is C2Cl4Cu. The van der Waals surface area contributed by atoms with Gasteiger partial charge >= 0.3 is 0 Å². The van der Waals surface area contributed by atoms with E-state index in [1.54, 1.807) is 0 Å². The zero-order chi connectivity index (χ0) is 5.15. The molecule has 0 aliphatic carbocycles. The molecule has 0 aromatic rings. The first-order valence-corrected chi connectivity index (χ1v) is 2.52. The monoisotopic (exact) mass is 227 g/mol. The molecule has 0 rings (SSSR count). The van der Waals surface area contributed by atoms with E-state index in [1.807, 2.05) is 0 Å². The van der Waals surface area contributed by atoms with Crippen LogP contribution in [0.3, 0.4) is 0 Å². The minimum atomic E-state index is -0.0988. The van der Waals surface area contributed by atoms with Gasteiger partial charge in [0.1, 0.15) is 8.98 Å². The molecule has 0 saturated heterocycles. The van der Waals surface area contributed by atoms with Crippen LogP contribution in [0, 0.1) is 0 Å². The summed E-state index contributed by atoms with van der Waals surface area (Å²) in [5.41, 5.74) is 0. The van der Waals surface area contributed by atoms with Crippen LogP contribution >= 0.6 is 46.4 Å². The molecule has 0 aromatic heterocycles. The van der Waals surface area contributed by atoms with Gasteiger partial charge in [-0.2, -0.15) is 0 Å². The van der Waals surface area contributed by atoms with E-state index in [9.17, 15) is 0 Å². The van der Waals surface area contributed by atoms with Gasteiger partial charge in [-0.25, -0.2) is 0 Å². The van der Waals surface area contributed by atoms with Crippen LogP contribution in [0.4, 0.5) is 0 Å². The molecule has 0 nitrogen and oxygen atoms in total. The second kappa shape index (κ2) is 5.55. The zero-order valence-electron chi connectivity index (χ0n) is 2.81. The smallest absolute Gasteiger partial charge is 0.0682 e. The molecule has 5 heteroatoms. The molecule has 0 unspecified atom stereocenters. The zero-order valence-corrected chi connectivity index (χ0v) is 6.78. The first-order chi connectivity index (χ1) is 2.64. The van der Waals surface area contributed by atoms with Crippen LogP contribution in [0.25, 0.3) is 0 Å². The van der Waals surface area contributed by atoms with Gasteiger partial charge in [-0.3, -0.25) is 0 Å². The van der Waals surface area contributed by atoms with Crippen molar-refractivity contribution >= 4 is 46.4 Å². The maximum absolute atomic E-state index is 4.99. The van der Waals surface area contributed by atoms with Crippen LogP contribution in [0.15, 0.2) is 8.98 Å². The Kier molecular flexibility index (Phi) is 8.92. The van der Waals surface area contributed by atoms with Gasteiger partial charge in [0.25, 0.3) is 0 Å². The van der Waals surface area contributed by atoms with E-state index in [2.05, 4.69) is 0 Å². The summed E-state index contributed by atoms with van der Waals surface area (Å²) in [6, 6.07) is 0. The SMILES string of the molecule is ClC(Cl)=C(Cl)Cl.[Cu]. The van der Waals surface area contributed by atoms with E-state index < -0.39 is 0 Å². The van der Waals surface area contributed by atoms with E-state index in [0.717, 1.165) is 0 Å². The van der Waals surface area contributed by atoms with Crippen molar-refractivity contribution in [3.05, 3.63) is 8.98 Å². The maximum atomic E-state index is 4.99. The van der Waals surface area contributed by atoms with E-state index in [4.69, 9.17) is 46.4 Å². The van der Waals surface area contributed by atoms with Crippen LogP contribution in [0.1, 0.15) is 0 Å². The van der Waals surface area contributed by atoms with Crippen LogP contribution in [-0.4, -0.2) is 0 Å². The van der Waals surface area contributed by atoms with E-state index in [0.29, 0.717) is 0 Å². The quantitative estimate of drug-likeness (QED) is 0.560. The summed E-state index contributed by atoms with van der Waals surface area (Å²) in [6.45, 7) is 0. The Morgan fingerprint density at radius 1 is 0.714 bits per heavy atom. The third-order valence-electron chi connectivity index (χ3n) is 0.143. The molecule has 0 bridgehead atoms. The fourth-order valence-corrected chi connectivity index (χ4v) is 0. The molecule has 0 aliphatic heterocycles. The van der Waals surface area contributed by atoms with Crippen LogP contribution in [-0.2, 0) is 17.1 Å². The minimum Gasteiger partial charge on any atom is -0.0682 e. The normalized spacial score (nSPS) is 6.86. The average Bonchev–Trinajstić information content (AvgIpc) is 1.36. The van der Waals surface area contributed by atoms with Crippen LogP contribution < -0.4 is 0 Å². The Morgan fingerprint density at radius 2 is 0.857 bits per heavy atom. The number of hydrogen-bond acceptors (Lipinski definition) is 0. The summed E-state index contributed by atoms with van der Waals surface area (Å²) in [7, 11) is 0. The van der Waals surface area contributed by atoms with Crippen molar-refractivity contribution in [2.45, 2.75) is 0 Å². The Balaban J connectivity index is 0. The summed E-state index contributed by atoms with van der Waals surface area (Å²) in [5, 5.41) is 0. The van der Waals surface area contributed by atoms with Gasteiger partial charge in [-0.15, -0.1) is 0 Å². The Bertz CT molecular complexity index is 59.8. The number of rotatable bonds is 0. The van der Waals surface area contributed by atoms with Crippen LogP contribution in [0.2, 0.25) is 0 Å². The fraction of sp³-hybridized carbons (Fsp3) is 0. The van der Waals surface area contributed by atoms with Gasteiger partial charge in [0.15, 0.2) is 0 Å². The largest absolute Gasteiger partial charge is 0.136 e. The summed E-state index contributed by atoms with van der Waals surface area (Å²) in [6.07, 6.45) is 0.